The van der Waals surface area contributed by atoms with E-state index in [9.17, 15) is 4.79 Å². The van der Waals surface area contributed by atoms with E-state index in [0.717, 1.165) is 0 Å². The number of thiophene rings is 1. The molecule has 2 rings (SSSR count). The molecule has 1 aliphatic rings. The van der Waals surface area contributed by atoms with Crippen molar-refractivity contribution in [2.75, 3.05) is 0 Å². The maximum absolute atomic E-state index is 11.1. The average Bonchev–Trinajstić information content (AvgIpc) is 2.38. The third-order valence-corrected chi connectivity index (χ3v) is 3.37. The first-order valence-electron chi connectivity index (χ1n) is 3.78. The highest BCUT2D eigenvalue weighted by atomic mass is 32.1. The van der Waals surface area contributed by atoms with Crippen LogP contribution in [-0.2, 0) is 17.6 Å². The standard InChI is InChI=1S/C9H10OS/c1-5-8-3-7(10)4-9(8)6(2)11-5/h3-4H2,1-2H3. The van der Waals surface area contributed by atoms with Gasteiger partial charge in [-0.3, -0.25) is 4.79 Å². The Labute approximate surface area is 70.1 Å². The van der Waals surface area contributed by atoms with E-state index in [0.29, 0.717) is 18.6 Å². The Morgan fingerprint density at radius 1 is 1.09 bits per heavy atom. The minimum atomic E-state index is 0.383. The van der Waals surface area contributed by atoms with Crippen LogP contribution in [-0.4, -0.2) is 5.78 Å². The SMILES string of the molecule is Cc1sc(C)c2c1CC(=O)C2. The molecular weight excluding hydrogens is 156 g/mol. The van der Waals surface area contributed by atoms with Crippen molar-refractivity contribution in [3.05, 3.63) is 20.9 Å². The predicted octanol–water partition coefficient (Wildman–Crippen LogP) is 2.03. The number of Topliss-reactive ketones (excluding diaryl/α,β-unsaturated/α-hetero) is 1. The molecule has 0 unspecified atom stereocenters. The van der Waals surface area contributed by atoms with Crippen LogP contribution in [0.3, 0.4) is 0 Å². The molecule has 1 aliphatic carbocycles. The topological polar surface area (TPSA) is 17.1 Å². The molecule has 58 valence electrons. The maximum Gasteiger partial charge on any atom is 0.141 e. The minimum Gasteiger partial charge on any atom is -0.299 e. The molecule has 11 heavy (non-hydrogen) atoms. The van der Waals surface area contributed by atoms with Crippen molar-refractivity contribution in [3.63, 3.8) is 0 Å². The van der Waals surface area contributed by atoms with Crippen molar-refractivity contribution in [1.29, 1.82) is 0 Å². The monoisotopic (exact) mass is 166 g/mol. The quantitative estimate of drug-likeness (QED) is 0.576. The lowest BCUT2D eigenvalue weighted by Gasteiger charge is -1.87. The van der Waals surface area contributed by atoms with Crippen molar-refractivity contribution >= 4 is 17.1 Å². The van der Waals surface area contributed by atoms with Gasteiger partial charge in [0.05, 0.1) is 0 Å². The molecule has 0 amide bonds. The summed E-state index contributed by atoms with van der Waals surface area (Å²) in [7, 11) is 0. The van der Waals surface area contributed by atoms with Crippen molar-refractivity contribution in [3.8, 4) is 0 Å². The highest BCUT2D eigenvalue weighted by Crippen LogP contribution is 2.32. The molecule has 0 saturated heterocycles. The number of hydrogen-bond donors (Lipinski definition) is 0. The normalized spacial score (nSPS) is 15.6. The zero-order chi connectivity index (χ0) is 8.01. The van der Waals surface area contributed by atoms with Gasteiger partial charge >= 0.3 is 0 Å². The molecule has 0 fully saturated rings. The highest BCUT2D eigenvalue weighted by Gasteiger charge is 2.23. The molecule has 1 aromatic heterocycles. The molecule has 0 bridgehead atoms. The summed E-state index contributed by atoms with van der Waals surface area (Å²) >= 11 is 1.82. The van der Waals surface area contributed by atoms with Gasteiger partial charge in [-0.1, -0.05) is 0 Å². The lowest BCUT2D eigenvalue weighted by atomic mass is 10.2. The van der Waals surface area contributed by atoms with Crippen LogP contribution in [0.4, 0.5) is 0 Å². The molecule has 0 N–H and O–H groups in total. The minimum absolute atomic E-state index is 0.383. The second-order valence-corrected chi connectivity index (χ2v) is 4.49. The Kier molecular flexibility index (Phi) is 1.39. The van der Waals surface area contributed by atoms with E-state index in [2.05, 4.69) is 13.8 Å². The maximum atomic E-state index is 11.1. The molecule has 0 atom stereocenters. The van der Waals surface area contributed by atoms with Crippen LogP contribution in [0.1, 0.15) is 20.9 Å². The Morgan fingerprint density at radius 3 is 2.00 bits per heavy atom. The van der Waals surface area contributed by atoms with E-state index in [4.69, 9.17) is 0 Å². The first-order valence-corrected chi connectivity index (χ1v) is 4.59. The summed E-state index contributed by atoms with van der Waals surface area (Å²) in [6.07, 6.45) is 1.37. The van der Waals surface area contributed by atoms with Crippen LogP contribution in [0.2, 0.25) is 0 Å². The number of aryl methyl sites for hydroxylation is 2. The predicted molar refractivity (Wildman–Crippen MR) is 46.2 cm³/mol. The lowest BCUT2D eigenvalue weighted by molar-refractivity contribution is -0.117. The Balaban J connectivity index is 2.59. The van der Waals surface area contributed by atoms with Crippen LogP contribution < -0.4 is 0 Å². The summed E-state index contributed by atoms with van der Waals surface area (Å²) in [6.45, 7) is 4.21. The molecular formula is C9H10OS. The van der Waals surface area contributed by atoms with E-state index < -0.39 is 0 Å². The van der Waals surface area contributed by atoms with Gasteiger partial charge in [-0.15, -0.1) is 11.3 Å². The molecule has 0 spiro atoms. The number of carbonyl (C=O) groups is 1. The van der Waals surface area contributed by atoms with Crippen molar-refractivity contribution in [2.45, 2.75) is 26.7 Å². The number of fused-ring (bicyclic) bond motifs is 1. The highest BCUT2D eigenvalue weighted by molar-refractivity contribution is 7.12. The summed E-state index contributed by atoms with van der Waals surface area (Å²) in [6, 6.07) is 0. The Morgan fingerprint density at radius 2 is 1.55 bits per heavy atom. The molecule has 0 aromatic carbocycles. The number of ketones is 1. The molecule has 1 aromatic rings. The van der Waals surface area contributed by atoms with E-state index in [1.54, 1.807) is 0 Å². The van der Waals surface area contributed by atoms with Crippen LogP contribution in [0.25, 0.3) is 0 Å². The van der Waals surface area contributed by atoms with Crippen LogP contribution in [0.15, 0.2) is 0 Å². The lowest BCUT2D eigenvalue weighted by Crippen LogP contribution is -1.94. The molecule has 0 saturated carbocycles. The second-order valence-electron chi connectivity index (χ2n) is 3.06. The van der Waals surface area contributed by atoms with Gasteiger partial charge in [-0.2, -0.15) is 0 Å². The van der Waals surface area contributed by atoms with Crippen LogP contribution >= 0.6 is 11.3 Å². The molecule has 1 nitrogen and oxygen atoms in total. The van der Waals surface area contributed by atoms with E-state index in [1.165, 1.54) is 20.9 Å². The van der Waals surface area contributed by atoms with Crippen LogP contribution in [0, 0.1) is 13.8 Å². The number of rotatable bonds is 0. The first-order chi connectivity index (χ1) is 5.18. The summed E-state index contributed by atoms with van der Waals surface area (Å²) < 4.78 is 0. The van der Waals surface area contributed by atoms with E-state index in [-0.39, 0.29) is 0 Å². The zero-order valence-electron chi connectivity index (χ0n) is 6.73. The van der Waals surface area contributed by atoms with Crippen molar-refractivity contribution in [2.24, 2.45) is 0 Å². The summed E-state index contributed by atoms with van der Waals surface area (Å²) in [5.74, 6) is 0.383. The zero-order valence-corrected chi connectivity index (χ0v) is 7.55. The molecule has 0 radical (unpaired) electrons. The van der Waals surface area contributed by atoms with Gasteiger partial charge in [0.15, 0.2) is 0 Å². The summed E-state index contributed by atoms with van der Waals surface area (Å²) in [5.41, 5.74) is 2.63. The van der Waals surface area contributed by atoms with Crippen molar-refractivity contribution < 1.29 is 4.79 Å². The first kappa shape index (κ1) is 7.04. The van der Waals surface area contributed by atoms with Crippen molar-refractivity contribution in [1.82, 2.24) is 0 Å². The fourth-order valence-corrected chi connectivity index (χ4v) is 2.79. The number of carbonyl (C=O) groups excluding carboxylic acids is 1. The largest absolute Gasteiger partial charge is 0.299 e. The fraction of sp³-hybridized carbons (Fsp3) is 0.444. The smallest absolute Gasteiger partial charge is 0.141 e. The molecule has 1 heterocycles. The van der Waals surface area contributed by atoms with Gasteiger partial charge in [-0.25, -0.2) is 0 Å². The van der Waals surface area contributed by atoms with Gasteiger partial charge in [0, 0.05) is 22.6 Å². The van der Waals surface area contributed by atoms with E-state index in [1.807, 2.05) is 11.3 Å². The Hall–Kier alpha value is -0.630. The summed E-state index contributed by atoms with van der Waals surface area (Å²) in [5, 5.41) is 0. The average molecular weight is 166 g/mol. The number of hydrogen-bond acceptors (Lipinski definition) is 2. The van der Waals surface area contributed by atoms with Gasteiger partial charge in [0.1, 0.15) is 5.78 Å². The molecule has 0 aliphatic heterocycles. The molecule has 2 heteroatoms. The van der Waals surface area contributed by atoms with Crippen LogP contribution in [0.5, 0.6) is 0 Å². The third-order valence-electron chi connectivity index (χ3n) is 2.27. The summed E-state index contributed by atoms with van der Waals surface area (Å²) in [4.78, 5) is 13.7. The Bertz CT molecular complexity index is 294. The van der Waals surface area contributed by atoms with Gasteiger partial charge in [0.2, 0.25) is 0 Å². The van der Waals surface area contributed by atoms with Gasteiger partial charge in [0.25, 0.3) is 0 Å². The van der Waals surface area contributed by atoms with Gasteiger partial charge in [-0.05, 0) is 25.0 Å². The second kappa shape index (κ2) is 2.18. The fourth-order valence-electron chi connectivity index (χ4n) is 1.70. The third kappa shape index (κ3) is 0.932. The van der Waals surface area contributed by atoms with Gasteiger partial charge < -0.3 is 0 Å². The van der Waals surface area contributed by atoms with E-state index >= 15 is 0 Å².